The summed E-state index contributed by atoms with van der Waals surface area (Å²) in [6.45, 7) is 0. The van der Waals surface area contributed by atoms with Crippen molar-refractivity contribution in [3.05, 3.63) is 218 Å². The van der Waals surface area contributed by atoms with Gasteiger partial charge in [-0.15, -0.1) is 0 Å². The minimum atomic E-state index is 0.147. The molecule has 0 radical (unpaired) electrons. The molecule has 0 amide bonds. The van der Waals surface area contributed by atoms with Gasteiger partial charge in [-0.25, -0.2) is 9.97 Å². The van der Waals surface area contributed by atoms with E-state index in [9.17, 15) is 10.5 Å². The Kier molecular flexibility index (Phi) is 9.55. The van der Waals surface area contributed by atoms with Crippen molar-refractivity contribution in [2.24, 2.45) is 0 Å². The van der Waals surface area contributed by atoms with Gasteiger partial charge in [0.25, 0.3) is 0 Å². The third kappa shape index (κ3) is 6.64. The van der Waals surface area contributed by atoms with Gasteiger partial charge >= 0.3 is 0 Å². The molecule has 2 aromatic heterocycles. The Morgan fingerprint density at radius 1 is 0.362 bits per heavy atom. The maximum Gasteiger partial charge on any atom is 0.161 e. The summed E-state index contributed by atoms with van der Waals surface area (Å²) in [5, 5.41) is 21.1. The summed E-state index contributed by atoms with van der Waals surface area (Å²) >= 11 is 0. The summed E-state index contributed by atoms with van der Waals surface area (Å²) in [6.07, 6.45) is 3.35. The summed E-state index contributed by atoms with van der Waals surface area (Å²) in [4.78, 5) is 17.1. The summed E-state index contributed by atoms with van der Waals surface area (Å²) < 4.78 is 0. The zero-order chi connectivity index (χ0) is 39.3. The van der Waals surface area contributed by atoms with Gasteiger partial charge in [0.1, 0.15) is 23.8 Å². The van der Waals surface area contributed by atoms with E-state index in [1.807, 2.05) is 84.9 Å². The number of aromatic nitrogens is 2. The molecule has 1 aliphatic rings. The van der Waals surface area contributed by atoms with Gasteiger partial charge in [0, 0.05) is 46.5 Å². The molecule has 8 nitrogen and oxygen atoms in total. The zero-order valence-corrected chi connectivity index (χ0v) is 31.2. The Hall–Kier alpha value is -8.46. The molecule has 0 aliphatic carbocycles. The monoisotopic (exact) mass is 746 g/mol. The van der Waals surface area contributed by atoms with E-state index >= 15 is 0 Å². The molecule has 0 N–H and O–H groups in total. The SMILES string of the molecule is N#CC1=C(C#N)N(c2ccccn2)c2cc(N(c3ccccc3)c3ccc(-c4ccc(N(c5ccccc5)c5ccccc5)cc4)cc3)ccc2N1c1ccccn1. The molecule has 9 rings (SSSR count). The Morgan fingerprint density at radius 2 is 0.724 bits per heavy atom. The van der Waals surface area contributed by atoms with Gasteiger partial charge in [-0.3, -0.25) is 9.80 Å². The largest absolute Gasteiger partial charge is 0.311 e. The van der Waals surface area contributed by atoms with Gasteiger partial charge in [0.15, 0.2) is 11.4 Å². The van der Waals surface area contributed by atoms with Crippen LogP contribution in [0.1, 0.15) is 0 Å². The number of anilines is 10. The second kappa shape index (κ2) is 15.7. The van der Waals surface area contributed by atoms with Crippen LogP contribution in [-0.2, 0) is 0 Å². The Morgan fingerprint density at radius 3 is 1.12 bits per heavy atom. The topological polar surface area (TPSA) is 86.3 Å². The fraction of sp³-hybridized carbons (Fsp3) is 0. The highest BCUT2D eigenvalue weighted by atomic mass is 15.3. The number of pyridine rings is 2. The first-order chi connectivity index (χ1) is 28.7. The minimum absolute atomic E-state index is 0.147. The number of para-hydroxylation sites is 3. The molecule has 1 aliphatic heterocycles. The standard InChI is InChI=1S/C50H34N8/c51-35-47-48(36-52)58(50-21-11-13-33-54-50)46-34-44(30-31-45(46)57(47)49-20-10-12-32-53-49)56(41-18-8-3-9-19-41)43-28-24-38(25-29-43)37-22-26-42(27-23-37)55(39-14-4-1-5-15-39)40-16-6-2-7-17-40/h1-34H. The molecule has 8 heteroatoms. The molecule has 0 spiro atoms. The molecule has 3 heterocycles. The normalized spacial score (nSPS) is 12.0. The van der Waals surface area contributed by atoms with Crippen LogP contribution in [0.3, 0.4) is 0 Å². The third-order valence-electron chi connectivity index (χ3n) is 9.97. The van der Waals surface area contributed by atoms with Crippen molar-refractivity contribution in [3.63, 3.8) is 0 Å². The average Bonchev–Trinajstić information content (AvgIpc) is 3.30. The van der Waals surface area contributed by atoms with Crippen molar-refractivity contribution in [3.8, 4) is 23.3 Å². The molecule has 0 unspecified atom stereocenters. The fourth-order valence-electron chi connectivity index (χ4n) is 7.36. The van der Waals surface area contributed by atoms with Crippen molar-refractivity contribution >= 4 is 57.1 Å². The summed E-state index contributed by atoms with van der Waals surface area (Å²) in [5.74, 6) is 1.04. The van der Waals surface area contributed by atoms with Crippen LogP contribution >= 0.6 is 0 Å². The predicted molar refractivity (Wildman–Crippen MR) is 232 cm³/mol. The van der Waals surface area contributed by atoms with Gasteiger partial charge < -0.3 is 9.80 Å². The Bertz CT molecular complexity index is 2740. The summed E-state index contributed by atoms with van der Waals surface area (Å²) in [6, 6.07) is 69.8. The molecule has 8 aromatic rings. The molecule has 0 atom stereocenters. The van der Waals surface area contributed by atoms with E-state index in [4.69, 9.17) is 0 Å². The van der Waals surface area contributed by atoms with Crippen molar-refractivity contribution in [1.82, 2.24) is 9.97 Å². The lowest BCUT2D eigenvalue weighted by atomic mass is 10.0. The average molecular weight is 747 g/mol. The minimum Gasteiger partial charge on any atom is -0.311 e. The second-order valence-corrected chi connectivity index (χ2v) is 13.4. The van der Waals surface area contributed by atoms with Crippen LogP contribution in [0.4, 0.5) is 57.1 Å². The molecule has 0 saturated heterocycles. The Balaban J connectivity index is 1.11. The molecule has 0 bridgehead atoms. The highest BCUT2D eigenvalue weighted by Crippen LogP contribution is 2.49. The fourth-order valence-corrected chi connectivity index (χ4v) is 7.36. The van der Waals surface area contributed by atoms with Crippen molar-refractivity contribution in [2.75, 3.05) is 19.6 Å². The molecule has 274 valence electrons. The lowest BCUT2D eigenvalue weighted by Crippen LogP contribution is -2.31. The Labute approximate surface area is 337 Å². The number of rotatable bonds is 9. The highest BCUT2D eigenvalue weighted by Gasteiger charge is 2.35. The predicted octanol–water partition coefficient (Wildman–Crippen LogP) is 12.6. The molecular weight excluding hydrogens is 713 g/mol. The zero-order valence-electron chi connectivity index (χ0n) is 31.2. The first-order valence-electron chi connectivity index (χ1n) is 18.8. The first-order valence-corrected chi connectivity index (χ1v) is 18.8. The maximum atomic E-state index is 10.6. The van der Waals surface area contributed by atoms with Crippen LogP contribution in [0.15, 0.2) is 218 Å². The molecule has 0 fully saturated rings. The lowest BCUT2D eigenvalue weighted by Gasteiger charge is -2.37. The van der Waals surface area contributed by atoms with Gasteiger partial charge in [0.05, 0.1) is 11.4 Å². The number of nitrogens with zero attached hydrogens (tertiary/aromatic N) is 8. The second-order valence-electron chi connectivity index (χ2n) is 13.4. The van der Waals surface area contributed by atoms with Crippen LogP contribution < -0.4 is 19.6 Å². The number of hydrogen-bond donors (Lipinski definition) is 0. The van der Waals surface area contributed by atoms with Gasteiger partial charge in [-0.1, -0.05) is 91.0 Å². The van der Waals surface area contributed by atoms with Crippen molar-refractivity contribution in [1.29, 1.82) is 10.5 Å². The van der Waals surface area contributed by atoms with E-state index in [-0.39, 0.29) is 11.4 Å². The van der Waals surface area contributed by atoms with Crippen LogP contribution in [-0.4, -0.2) is 9.97 Å². The van der Waals surface area contributed by atoms with Gasteiger partial charge in [-0.05, 0) is 114 Å². The summed E-state index contributed by atoms with van der Waals surface area (Å²) in [5.41, 5.74) is 9.85. The summed E-state index contributed by atoms with van der Waals surface area (Å²) in [7, 11) is 0. The maximum absolute atomic E-state index is 10.6. The lowest BCUT2D eigenvalue weighted by molar-refractivity contribution is 1.02. The number of allylic oxidation sites excluding steroid dienone is 2. The molecule has 0 saturated carbocycles. The smallest absolute Gasteiger partial charge is 0.161 e. The van der Waals surface area contributed by atoms with Gasteiger partial charge in [0.2, 0.25) is 0 Å². The van der Waals surface area contributed by atoms with Crippen molar-refractivity contribution < 1.29 is 0 Å². The molecular formula is C50H34N8. The van der Waals surface area contributed by atoms with Crippen LogP contribution in [0.2, 0.25) is 0 Å². The molecule has 58 heavy (non-hydrogen) atoms. The number of nitriles is 2. The quantitative estimate of drug-likeness (QED) is 0.144. The van der Waals surface area contributed by atoms with E-state index in [2.05, 4.69) is 141 Å². The third-order valence-corrected chi connectivity index (χ3v) is 9.97. The number of benzene rings is 6. The van der Waals surface area contributed by atoms with E-state index in [0.29, 0.717) is 23.0 Å². The number of hydrogen-bond acceptors (Lipinski definition) is 8. The van der Waals surface area contributed by atoms with E-state index in [1.165, 1.54) is 0 Å². The van der Waals surface area contributed by atoms with Crippen LogP contribution in [0, 0.1) is 22.7 Å². The van der Waals surface area contributed by atoms with Gasteiger partial charge in [-0.2, -0.15) is 10.5 Å². The first kappa shape index (κ1) is 35.3. The van der Waals surface area contributed by atoms with E-state index in [1.54, 1.807) is 22.2 Å². The van der Waals surface area contributed by atoms with Crippen LogP contribution in [0.25, 0.3) is 11.1 Å². The van der Waals surface area contributed by atoms with Crippen LogP contribution in [0.5, 0.6) is 0 Å². The van der Waals surface area contributed by atoms with Crippen molar-refractivity contribution in [2.45, 2.75) is 0 Å². The highest BCUT2D eigenvalue weighted by molar-refractivity contribution is 5.94. The van der Waals surface area contributed by atoms with E-state index < -0.39 is 0 Å². The number of fused-ring (bicyclic) bond motifs is 1. The van der Waals surface area contributed by atoms with E-state index in [0.717, 1.165) is 45.3 Å². The molecule has 6 aromatic carbocycles.